The fourth-order valence-electron chi connectivity index (χ4n) is 1.30. The first kappa shape index (κ1) is 8.56. The van der Waals surface area contributed by atoms with E-state index in [9.17, 15) is 0 Å². The molecule has 0 aromatic heterocycles. The van der Waals surface area contributed by atoms with Crippen molar-refractivity contribution in [2.75, 3.05) is 0 Å². The third kappa shape index (κ3) is 2.91. The van der Waals surface area contributed by atoms with Crippen molar-refractivity contribution in [2.45, 2.75) is 36.5 Å². The van der Waals surface area contributed by atoms with Gasteiger partial charge in [-0.2, -0.15) is 0 Å². The first-order valence-electron chi connectivity index (χ1n) is 3.57. The van der Waals surface area contributed by atoms with Crippen molar-refractivity contribution in [1.29, 1.82) is 0 Å². The molecule has 1 saturated carbocycles. The molecule has 0 nitrogen and oxygen atoms in total. The van der Waals surface area contributed by atoms with Crippen molar-refractivity contribution in [2.24, 2.45) is 5.92 Å². The van der Waals surface area contributed by atoms with Crippen LogP contribution in [0.2, 0.25) is 0 Å². The molecule has 0 spiro atoms. The summed E-state index contributed by atoms with van der Waals surface area (Å²) in [7, 11) is 0. The van der Waals surface area contributed by atoms with Gasteiger partial charge in [0, 0.05) is 0 Å². The summed E-state index contributed by atoms with van der Waals surface area (Å²) in [6.07, 6.45) is 6.09. The molecular formula is C7H13I2-. The summed E-state index contributed by atoms with van der Waals surface area (Å²) in [4.78, 5) is 0. The third-order valence-electron chi connectivity index (χ3n) is 2.06. The molecule has 1 aliphatic carbocycles. The second-order valence-corrected chi connectivity index (χ2v) is 8.33. The average Bonchev–Trinajstić information content (AvgIpc) is 1.90. The van der Waals surface area contributed by atoms with E-state index < -0.39 is 0 Å². The predicted molar refractivity (Wildman–Crippen MR) is 45.4 cm³/mol. The van der Waals surface area contributed by atoms with Crippen LogP contribution in [0, 0.1) is 5.92 Å². The van der Waals surface area contributed by atoms with Gasteiger partial charge in [-0.15, -0.1) is 0 Å². The van der Waals surface area contributed by atoms with Crippen LogP contribution in [0.1, 0.15) is 32.6 Å². The Morgan fingerprint density at radius 1 is 1.22 bits per heavy atom. The van der Waals surface area contributed by atoms with Crippen LogP contribution >= 0.6 is 18.6 Å². The Hall–Kier alpha value is 1.46. The van der Waals surface area contributed by atoms with Gasteiger partial charge < -0.3 is 0 Å². The van der Waals surface area contributed by atoms with Crippen molar-refractivity contribution >= 4 is 18.6 Å². The molecule has 0 unspecified atom stereocenters. The number of hydrogen-bond donors (Lipinski definition) is 0. The maximum absolute atomic E-state index is 2.62. The van der Waals surface area contributed by atoms with Crippen LogP contribution in [0.5, 0.6) is 0 Å². The molecule has 0 amide bonds. The Balaban J connectivity index is 2.18. The van der Waals surface area contributed by atoms with Crippen LogP contribution < -0.4 is 17.2 Å². The van der Waals surface area contributed by atoms with Gasteiger partial charge in [-0.1, -0.05) is 0 Å². The molecule has 56 valence electrons. The molecule has 0 N–H and O–H groups in total. The molecule has 0 saturated heterocycles. The molecule has 0 aliphatic heterocycles. The monoisotopic (exact) mass is 351 g/mol. The number of rotatable bonds is 1. The van der Waals surface area contributed by atoms with Crippen molar-refractivity contribution in [1.82, 2.24) is 0 Å². The van der Waals surface area contributed by atoms with Gasteiger partial charge in [-0.25, -0.2) is 0 Å². The summed E-state index contributed by atoms with van der Waals surface area (Å²) < 4.78 is 1.17. The van der Waals surface area contributed by atoms with E-state index in [1.54, 1.807) is 0 Å². The minimum atomic E-state index is 0.537. The molecule has 1 rings (SSSR count). The first-order chi connectivity index (χ1) is 4.33. The number of hydrogen-bond acceptors (Lipinski definition) is 0. The summed E-state index contributed by atoms with van der Waals surface area (Å²) in [5.74, 6) is 1.04. The van der Waals surface area contributed by atoms with Crippen molar-refractivity contribution < 1.29 is 17.2 Å². The zero-order valence-corrected chi connectivity index (χ0v) is 10.1. The van der Waals surface area contributed by atoms with E-state index in [4.69, 9.17) is 0 Å². The fourth-order valence-corrected chi connectivity index (χ4v) is 5.65. The van der Waals surface area contributed by atoms with Crippen LogP contribution in [0.4, 0.5) is 0 Å². The fraction of sp³-hybridized carbons (Fsp3) is 1.00. The van der Waals surface area contributed by atoms with Crippen LogP contribution in [-0.4, -0.2) is 3.92 Å². The minimum absolute atomic E-state index is 0.537. The molecule has 2 heteroatoms. The Morgan fingerprint density at radius 2 is 1.78 bits per heavy atom. The summed E-state index contributed by atoms with van der Waals surface area (Å²) >= 11 is 3.16. The zero-order chi connectivity index (χ0) is 6.69. The van der Waals surface area contributed by atoms with Crippen LogP contribution in [-0.2, 0) is 0 Å². The van der Waals surface area contributed by atoms with Gasteiger partial charge in [0.2, 0.25) is 0 Å². The second-order valence-electron chi connectivity index (χ2n) is 2.94. The van der Waals surface area contributed by atoms with E-state index in [2.05, 4.69) is 25.5 Å². The Labute approximate surface area is 77.6 Å². The van der Waals surface area contributed by atoms with Crippen molar-refractivity contribution in [3.8, 4) is 0 Å². The van der Waals surface area contributed by atoms with E-state index in [1.807, 2.05) is 0 Å². The Bertz CT molecular complexity index is 75.0. The van der Waals surface area contributed by atoms with E-state index in [-0.39, 0.29) is 0 Å². The molecule has 0 bridgehead atoms. The second kappa shape index (κ2) is 4.36. The van der Waals surface area contributed by atoms with Gasteiger partial charge in [-0.3, -0.25) is 0 Å². The van der Waals surface area contributed by atoms with Crippen LogP contribution in [0.3, 0.4) is 0 Å². The summed E-state index contributed by atoms with van der Waals surface area (Å²) in [6.45, 7) is 2.39. The topological polar surface area (TPSA) is 0 Å². The van der Waals surface area contributed by atoms with Gasteiger partial charge in [0.05, 0.1) is 0 Å². The van der Waals surface area contributed by atoms with E-state index in [0.717, 1.165) is 5.92 Å². The molecule has 9 heavy (non-hydrogen) atoms. The molecule has 0 aromatic rings. The van der Waals surface area contributed by atoms with Gasteiger partial charge in [0.1, 0.15) is 0 Å². The summed E-state index contributed by atoms with van der Waals surface area (Å²) in [6, 6.07) is 0. The van der Waals surface area contributed by atoms with E-state index in [0.29, 0.717) is 17.2 Å². The van der Waals surface area contributed by atoms with E-state index in [1.165, 1.54) is 29.6 Å². The molecule has 1 fully saturated rings. The molecule has 0 atom stereocenters. The van der Waals surface area contributed by atoms with E-state index >= 15 is 0 Å². The SMILES string of the molecule is CC1CCC([I-]I)CC1. The molecule has 1 aliphatic rings. The molecule has 0 aromatic carbocycles. The summed E-state index contributed by atoms with van der Waals surface area (Å²) in [5, 5.41) is 0. The zero-order valence-electron chi connectivity index (χ0n) is 5.74. The summed E-state index contributed by atoms with van der Waals surface area (Å²) in [5.41, 5.74) is 0. The van der Waals surface area contributed by atoms with Crippen molar-refractivity contribution in [3.63, 3.8) is 0 Å². The van der Waals surface area contributed by atoms with Gasteiger partial charge in [0.15, 0.2) is 0 Å². The third-order valence-corrected chi connectivity index (χ3v) is 8.44. The van der Waals surface area contributed by atoms with Crippen LogP contribution in [0.15, 0.2) is 0 Å². The molecule has 0 radical (unpaired) electrons. The normalized spacial score (nSPS) is 37.1. The number of halogens is 2. The quantitative estimate of drug-likeness (QED) is 0.461. The van der Waals surface area contributed by atoms with Crippen molar-refractivity contribution in [3.05, 3.63) is 0 Å². The molecular weight excluding hydrogens is 338 g/mol. The standard InChI is InChI=1S/C7H13I2/c1-6-2-4-7(9-8)5-3-6/h6-7H,2-5H2,1H3/q-1. The van der Waals surface area contributed by atoms with Gasteiger partial charge in [-0.05, 0) is 0 Å². The Kier molecular flexibility index (Phi) is 4.15. The Morgan fingerprint density at radius 3 is 2.22 bits per heavy atom. The van der Waals surface area contributed by atoms with Gasteiger partial charge >= 0.3 is 78.3 Å². The van der Waals surface area contributed by atoms with Crippen LogP contribution in [0.25, 0.3) is 0 Å². The maximum atomic E-state index is 2.62. The molecule has 0 heterocycles. The van der Waals surface area contributed by atoms with Gasteiger partial charge in [0.25, 0.3) is 0 Å². The predicted octanol–water partition coefficient (Wildman–Crippen LogP) is 0.00410. The number of alkyl halides is 1. The average molecular weight is 351 g/mol. The first-order valence-corrected chi connectivity index (χ1v) is 11.1.